The normalized spacial score (nSPS) is 10.5. The molecule has 3 aromatic rings. The molecule has 0 saturated carbocycles. The molecule has 0 aliphatic carbocycles. The van der Waals surface area contributed by atoms with Gasteiger partial charge in [0.15, 0.2) is 5.78 Å². The molecule has 0 unspecified atom stereocenters. The zero-order valence-electron chi connectivity index (χ0n) is 14.4. The van der Waals surface area contributed by atoms with Gasteiger partial charge in [0, 0.05) is 23.7 Å². The molecule has 0 aliphatic heterocycles. The van der Waals surface area contributed by atoms with Gasteiger partial charge in [-0.2, -0.15) is 4.98 Å². The third-order valence-corrected chi connectivity index (χ3v) is 3.96. The van der Waals surface area contributed by atoms with Crippen molar-refractivity contribution in [2.45, 2.75) is 13.3 Å². The number of ketones is 1. The van der Waals surface area contributed by atoms with Gasteiger partial charge in [-0.1, -0.05) is 30.3 Å². The molecule has 0 atom stereocenters. The number of anilines is 2. The summed E-state index contributed by atoms with van der Waals surface area (Å²) in [6, 6.07) is 16.2. The third kappa shape index (κ3) is 4.36. The Labute approximate surface area is 151 Å². The number of carbonyl (C=O) groups excluding carboxylic acids is 1. The van der Waals surface area contributed by atoms with Crippen LogP contribution < -0.4 is 11.1 Å². The molecule has 2 aromatic carbocycles. The van der Waals surface area contributed by atoms with Crippen molar-refractivity contribution in [3.63, 3.8) is 0 Å². The quantitative estimate of drug-likeness (QED) is 0.591. The van der Waals surface area contributed by atoms with Gasteiger partial charge < -0.3 is 16.2 Å². The second kappa shape index (κ2) is 7.65. The van der Waals surface area contributed by atoms with Crippen molar-refractivity contribution in [1.29, 1.82) is 0 Å². The van der Waals surface area contributed by atoms with Crippen molar-refractivity contribution < 1.29 is 9.90 Å². The highest BCUT2D eigenvalue weighted by Gasteiger charge is 2.07. The van der Waals surface area contributed by atoms with Gasteiger partial charge in [0.2, 0.25) is 5.95 Å². The Morgan fingerprint density at radius 2 is 1.88 bits per heavy atom. The molecule has 0 amide bonds. The standard InChI is InChI=1S/C20H20N4O2/c1-13(25)15-3-2-4-16(11-15)18-12-19(24-20(21)23-18)22-10-9-14-5-7-17(26)8-6-14/h2-8,11-12,26H,9-10H2,1H3,(H3,21,22,23,24). The lowest BCUT2D eigenvalue weighted by atomic mass is 10.1. The van der Waals surface area contributed by atoms with Gasteiger partial charge in [-0.3, -0.25) is 4.79 Å². The SMILES string of the molecule is CC(=O)c1cccc(-c2cc(NCCc3ccc(O)cc3)nc(N)n2)c1. The van der Waals surface area contributed by atoms with Crippen molar-refractivity contribution in [2.75, 3.05) is 17.6 Å². The summed E-state index contributed by atoms with van der Waals surface area (Å²) in [5.74, 6) is 1.05. The molecule has 132 valence electrons. The number of carbonyl (C=O) groups is 1. The van der Waals surface area contributed by atoms with Gasteiger partial charge in [-0.05, 0) is 37.1 Å². The minimum Gasteiger partial charge on any atom is -0.508 e. The number of aromatic nitrogens is 2. The molecule has 6 nitrogen and oxygen atoms in total. The zero-order valence-corrected chi connectivity index (χ0v) is 14.4. The second-order valence-electron chi connectivity index (χ2n) is 5.98. The van der Waals surface area contributed by atoms with E-state index in [9.17, 15) is 9.90 Å². The number of aromatic hydroxyl groups is 1. The fraction of sp³-hybridized carbons (Fsp3) is 0.150. The molecular weight excluding hydrogens is 328 g/mol. The Morgan fingerprint density at radius 3 is 2.62 bits per heavy atom. The number of hydrogen-bond donors (Lipinski definition) is 3. The van der Waals surface area contributed by atoms with E-state index >= 15 is 0 Å². The van der Waals surface area contributed by atoms with Crippen molar-refractivity contribution in [3.05, 3.63) is 65.7 Å². The lowest BCUT2D eigenvalue weighted by Crippen LogP contribution is -2.08. The summed E-state index contributed by atoms with van der Waals surface area (Å²) in [6.07, 6.45) is 0.777. The molecule has 1 heterocycles. The molecule has 0 aliphatic rings. The molecule has 0 fully saturated rings. The van der Waals surface area contributed by atoms with E-state index in [0.717, 1.165) is 17.5 Å². The second-order valence-corrected chi connectivity index (χ2v) is 5.98. The molecule has 0 saturated heterocycles. The average Bonchev–Trinajstić information content (AvgIpc) is 2.63. The number of nitrogens with one attached hydrogen (secondary N) is 1. The Kier molecular flexibility index (Phi) is 5.12. The molecule has 3 rings (SSSR count). The number of hydrogen-bond acceptors (Lipinski definition) is 6. The number of nitrogens with two attached hydrogens (primary N) is 1. The highest BCUT2D eigenvalue weighted by Crippen LogP contribution is 2.22. The summed E-state index contributed by atoms with van der Waals surface area (Å²) < 4.78 is 0. The predicted molar refractivity (Wildman–Crippen MR) is 102 cm³/mol. The van der Waals surface area contributed by atoms with Gasteiger partial charge in [0.1, 0.15) is 11.6 Å². The Balaban J connectivity index is 1.74. The minimum absolute atomic E-state index is 0.00104. The average molecular weight is 348 g/mol. The van der Waals surface area contributed by atoms with Crippen LogP contribution in [0.2, 0.25) is 0 Å². The number of nitrogens with zero attached hydrogens (tertiary/aromatic N) is 2. The Morgan fingerprint density at radius 1 is 1.12 bits per heavy atom. The van der Waals surface area contributed by atoms with Crippen molar-refractivity contribution in [1.82, 2.24) is 9.97 Å². The minimum atomic E-state index is 0.00104. The summed E-state index contributed by atoms with van der Waals surface area (Å²) in [5, 5.41) is 12.6. The fourth-order valence-electron chi connectivity index (χ4n) is 2.60. The lowest BCUT2D eigenvalue weighted by Gasteiger charge is -2.09. The van der Waals surface area contributed by atoms with E-state index in [1.807, 2.05) is 30.3 Å². The van der Waals surface area contributed by atoms with Gasteiger partial charge in [0.05, 0.1) is 5.69 Å². The number of phenols is 1. The molecule has 4 N–H and O–H groups in total. The van der Waals surface area contributed by atoms with Crippen LogP contribution in [0, 0.1) is 0 Å². The number of rotatable bonds is 6. The first-order valence-electron chi connectivity index (χ1n) is 8.29. The van der Waals surface area contributed by atoms with Crippen LogP contribution in [-0.4, -0.2) is 27.4 Å². The first-order chi connectivity index (χ1) is 12.5. The Bertz CT molecular complexity index is 923. The summed E-state index contributed by atoms with van der Waals surface area (Å²) >= 11 is 0. The fourth-order valence-corrected chi connectivity index (χ4v) is 2.60. The third-order valence-electron chi connectivity index (χ3n) is 3.96. The van der Waals surface area contributed by atoms with Gasteiger partial charge in [0.25, 0.3) is 0 Å². The number of Topliss-reactive ketones (excluding diaryl/α,β-unsaturated/α-hetero) is 1. The van der Waals surface area contributed by atoms with Crippen molar-refractivity contribution >= 4 is 17.5 Å². The van der Waals surface area contributed by atoms with Gasteiger partial charge >= 0.3 is 0 Å². The van der Waals surface area contributed by atoms with Gasteiger partial charge in [-0.25, -0.2) is 4.98 Å². The van der Waals surface area contributed by atoms with Crippen LogP contribution in [0.25, 0.3) is 11.3 Å². The summed E-state index contributed by atoms with van der Waals surface area (Å²) in [5.41, 5.74) is 9.04. The van der Waals surface area contributed by atoms with Crippen LogP contribution in [0.1, 0.15) is 22.8 Å². The smallest absolute Gasteiger partial charge is 0.222 e. The molecular formula is C20H20N4O2. The molecule has 0 spiro atoms. The maximum absolute atomic E-state index is 11.6. The predicted octanol–water partition coefficient (Wildman–Crippen LogP) is 3.29. The lowest BCUT2D eigenvalue weighted by molar-refractivity contribution is 0.101. The van der Waals surface area contributed by atoms with Crippen molar-refractivity contribution in [3.8, 4) is 17.0 Å². The summed E-state index contributed by atoms with van der Waals surface area (Å²) in [4.78, 5) is 20.1. The summed E-state index contributed by atoms with van der Waals surface area (Å²) in [6.45, 7) is 2.19. The van der Waals surface area contributed by atoms with E-state index in [-0.39, 0.29) is 17.5 Å². The van der Waals surface area contributed by atoms with Crippen LogP contribution in [0.15, 0.2) is 54.6 Å². The van der Waals surface area contributed by atoms with E-state index in [4.69, 9.17) is 5.73 Å². The topological polar surface area (TPSA) is 101 Å². The van der Waals surface area contributed by atoms with Gasteiger partial charge in [-0.15, -0.1) is 0 Å². The summed E-state index contributed by atoms with van der Waals surface area (Å²) in [7, 11) is 0. The zero-order chi connectivity index (χ0) is 18.5. The highest BCUT2D eigenvalue weighted by molar-refractivity contribution is 5.95. The van der Waals surface area contributed by atoms with Crippen LogP contribution >= 0.6 is 0 Å². The molecule has 1 aromatic heterocycles. The maximum Gasteiger partial charge on any atom is 0.222 e. The number of benzene rings is 2. The van der Waals surface area contributed by atoms with Crippen LogP contribution in [-0.2, 0) is 6.42 Å². The highest BCUT2D eigenvalue weighted by atomic mass is 16.3. The molecule has 0 bridgehead atoms. The van der Waals surface area contributed by atoms with E-state index in [1.54, 1.807) is 24.3 Å². The monoisotopic (exact) mass is 348 g/mol. The first-order valence-corrected chi connectivity index (χ1v) is 8.29. The van der Waals surface area contributed by atoms with Crippen LogP contribution in [0.4, 0.5) is 11.8 Å². The molecule has 0 radical (unpaired) electrons. The largest absolute Gasteiger partial charge is 0.508 e. The Hall–Kier alpha value is -3.41. The molecule has 26 heavy (non-hydrogen) atoms. The maximum atomic E-state index is 11.6. The molecule has 6 heteroatoms. The number of phenolic OH excluding ortho intramolecular Hbond substituents is 1. The van der Waals surface area contributed by atoms with E-state index in [2.05, 4.69) is 15.3 Å². The first kappa shape index (κ1) is 17.4. The van der Waals surface area contributed by atoms with Crippen LogP contribution in [0.3, 0.4) is 0 Å². The van der Waals surface area contributed by atoms with Crippen molar-refractivity contribution in [2.24, 2.45) is 0 Å². The van der Waals surface area contributed by atoms with E-state index in [1.165, 1.54) is 6.92 Å². The number of nitrogen functional groups attached to an aromatic ring is 1. The van der Waals surface area contributed by atoms with E-state index in [0.29, 0.717) is 23.6 Å². The van der Waals surface area contributed by atoms with Crippen LogP contribution in [0.5, 0.6) is 5.75 Å². The van der Waals surface area contributed by atoms with E-state index < -0.39 is 0 Å².